The number of nitrogens with zero attached hydrogens (tertiary/aromatic N) is 1. The highest BCUT2D eigenvalue weighted by atomic mass is 16.3. The molecule has 100 valence electrons. The van der Waals surface area contributed by atoms with Crippen LogP contribution in [0.5, 0.6) is 0 Å². The van der Waals surface area contributed by atoms with Gasteiger partial charge < -0.3 is 15.7 Å². The standard InChI is InChI=1S/C15H24N2O/c1-12-5-3-4-6-13(12)14(16)7-9-17-10-8-15(2,18)11-17/h3-6,14,18H,7-11,16H2,1-2H3. The Labute approximate surface area is 110 Å². The molecule has 0 radical (unpaired) electrons. The van der Waals surface area contributed by atoms with Crippen LogP contribution in [-0.2, 0) is 0 Å². The van der Waals surface area contributed by atoms with Crippen LogP contribution in [0.4, 0.5) is 0 Å². The number of hydrogen-bond acceptors (Lipinski definition) is 3. The van der Waals surface area contributed by atoms with Gasteiger partial charge in [-0.2, -0.15) is 0 Å². The first-order chi connectivity index (χ1) is 8.48. The van der Waals surface area contributed by atoms with E-state index in [1.54, 1.807) is 0 Å². The van der Waals surface area contributed by atoms with Crippen molar-refractivity contribution >= 4 is 0 Å². The van der Waals surface area contributed by atoms with Gasteiger partial charge in [-0.15, -0.1) is 0 Å². The third kappa shape index (κ3) is 3.31. The molecule has 1 aromatic carbocycles. The molecule has 0 amide bonds. The number of β-amino-alcohol motifs (C(OH)–C–C–N with tert-alkyl or cyclic N) is 1. The summed E-state index contributed by atoms with van der Waals surface area (Å²) in [7, 11) is 0. The second-order valence-electron chi connectivity index (χ2n) is 5.77. The molecule has 0 spiro atoms. The smallest absolute Gasteiger partial charge is 0.0758 e. The van der Waals surface area contributed by atoms with Crippen LogP contribution in [0.2, 0.25) is 0 Å². The maximum Gasteiger partial charge on any atom is 0.0758 e. The van der Waals surface area contributed by atoms with Gasteiger partial charge in [0.25, 0.3) is 0 Å². The maximum atomic E-state index is 9.92. The van der Waals surface area contributed by atoms with Crippen molar-refractivity contribution in [2.24, 2.45) is 5.73 Å². The van der Waals surface area contributed by atoms with Crippen molar-refractivity contribution in [3.63, 3.8) is 0 Å². The Balaban J connectivity index is 1.86. The number of benzene rings is 1. The average Bonchev–Trinajstić information content (AvgIpc) is 2.66. The fourth-order valence-corrected chi connectivity index (χ4v) is 2.71. The van der Waals surface area contributed by atoms with Crippen molar-refractivity contribution in [1.82, 2.24) is 4.90 Å². The van der Waals surface area contributed by atoms with Crippen LogP contribution in [0, 0.1) is 6.92 Å². The van der Waals surface area contributed by atoms with Gasteiger partial charge in [0.05, 0.1) is 5.60 Å². The monoisotopic (exact) mass is 248 g/mol. The van der Waals surface area contributed by atoms with Crippen LogP contribution in [0.25, 0.3) is 0 Å². The fraction of sp³-hybridized carbons (Fsp3) is 0.600. The molecule has 1 heterocycles. The minimum absolute atomic E-state index is 0.0942. The molecule has 0 saturated carbocycles. The normalized spacial score (nSPS) is 26.4. The van der Waals surface area contributed by atoms with Crippen LogP contribution in [0.1, 0.15) is 36.9 Å². The molecule has 0 bridgehead atoms. The van der Waals surface area contributed by atoms with Gasteiger partial charge in [0, 0.05) is 25.7 Å². The van der Waals surface area contributed by atoms with E-state index in [0.29, 0.717) is 0 Å². The molecule has 18 heavy (non-hydrogen) atoms. The third-order valence-corrected chi connectivity index (χ3v) is 3.88. The van der Waals surface area contributed by atoms with Crippen molar-refractivity contribution in [2.75, 3.05) is 19.6 Å². The third-order valence-electron chi connectivity index (χ3n) is 3.88. The largest absolute Gasteiger partial charge is 0.389 e. The molecule has 3 N–H and O–H groups in total. The van der Waals surface area contributed by atoms with Crippen molar-refractivity contribution in [3.05, 3.63) is 35.4 Å². The van der Waals surface area contributed by atoms with E-state index in [-0.39, 0.29) is 6.04 Å². The van der Waals surface area contributed by atoms with E-state index < -0.39 is 5.60 Å². The summed E-state index contributed by atoms with van der Waals surface area (Å²) in [6.45, 7) is 6.73. The van der Waals surface area contributed by atoms with Crippen molar-refractivity contribution < 1.29 is 5.11 Å². The highest BCUT2D eigenvalue weighted by Crippen LogP contribution is 2.23. The molecule has 0 aromatic heterocycles. The lowest BCUT2D eigenvalue weighted by Crippen LogP contribution is -2.31. The molecule has 3 nitrogen and oxygen atoms in total. The van der Waals surface area contributed by atoms with Gasteiger partial charge >= 0.3 is 0 Å². The molecule has 1 aliphatic rings. The lowest BCUT2D eigenvalue weighted by atomic mass is 9.99. The van der Waals surface area contributed by atoms with Crippen LogP contribution < -0.4 is 5.73 Å². The van der Waals surface area contributed by atoms with Crippen molar-refractivity contribution in [3.8, 4) is 0 Å². The highest BCUT2D eigenvalue weighted by Gasteiger charge is 2.30. The summed E-state index contributed by atoms with van der Waals surface area (Å²) in [5.74, 6) is 0. The van der Waals surface area contributed by atoms with E-state index in [0.717, 1.165) is 32.5 Å². The molecule has 1 aromatic rings. The summed E-state index contributed by atoms with van der Waals surface area (Å²) in [5.41, 5.74) is 8.25. The van der Waals surface area contributed by atoms with Gasteiger partial charge in [-0.3, -0.25) is 0 Å². The van der Waals surface area contributed by atoms with Gasteiger partial charge in [0.1, 0.15) is 0 Å². The summed E-state index contributed by atoms with van der Waals surface area (Å²) >= 11 is 0. The molecule has 3 heteroatoms. The van der Waals surface area contributed by atoms with Gasteiger partial charge in [-0.1, -0.05) is 24.3 Å². The zero-order chi connectivity index (χ0) is 13.2. The quantitative estimate of drug-likeness (QED) is 0.855. The van der Waals surface area contributed by atoms with E-state index in [9.17, 15) is 5.11 Å². The van der Waals surface area contributed by atoms with E-state index in [4.69, 9.17) is 5.73 Å². The number of likely N-dealkylation sites (tertiary alicyclic amines) is 1. The topological polar surface area (TPSA) is 49.5 Å². The molecule has 0 aliphatic carbocycles. The van der Waals surface area contributed by atoms with Crippen LogP contribution >= 0.6 is 0 Å². The number of hydrogen-bond donors (Lipinski definition) is 2. The Morgan fingerprint density at radius 2 is 2.17 bits per heavy atom. The second-order valence-corrected chi connectivity index (χ2v) is 5.77. The average molecular weight is 248 g/mol. The van der Waals surface area contributed by atoms with E-state index in [2.05, 4.69) is 24.0 Å². The molecule has 1 fully saturated rings. The zero-order valence-corrected chi connectivity index (χ0v) is 11.4. The van der Waals surface area contributed by atoms with Gasteiger partial charge in [0.15, 0.2) is 0 Å². The molecule has 2 atom stereocenters. The van der Waals surface area contributed by atoms with E-state index in [1.807, 2.05) is 19.1 Å². The maximum absolute atomic E-state index is 9.92. The summed E-state index contributed by atoms with van der Waals surface area (Å²) in [5, 5.41) is 9.92. The predicted octanol–water partition coefficient (Wildman–Crippen LogP) is 1.84. The lowest BCUT2D eigenvalue weighted by Gasteiger charge is -2.21. The zero-order valence-electron chi connectivity index (χ0n) is 11.4. The Morgan fingerprint density at radius 1 is 1.44 bits per heavy atom. The summed E-state index contributed by atoms with van der Waals surface area (Å²) < 4.78 is 0. The Morgan fingerprint density at radius 3 is 2.78 bits per heavy atom. The highest BCUT2D eigenvalue weighted by molar-refractivity contribution is 5.28. The van der Waals surface area contributed by atoms with Gasteiger partial charge in [-0.25, -0.2) is 0 Å². The first-order valence-electron chi connectivity index (χ1n) is 6.74. The minimum atomic E-state index is -0.507. The van der Waals surface area contributed by atoms with E-state index >= 15 is 0 Å². The van der Waals surface area contributed by atoms with Crippen LogP contribution in [0.3, 0.4) is 0 Å². The number of nitrogens with two attached hydrogens (primary N) is 1. The first-order valence-corrected chi connectivity index (χ1v) is 6.74. The SMILES string of the molecule is Cc1ccccc1C(N)CCN1CCC(C)(O)C1. The molecular formula is C15H24N2O. The van der Waals surface area contributed by atoms with Gasteiger partial charge in [-0.05, 0) is 37.8 Å². The number of aliphatic hydroxyl groups is 1. The number of aryl methyl sites for hydroxylation is 1. The van der Waals surface area contributed by atoms with Gasteiger partial charge in [0.2, 0.25) is 0 Å². The Hall–Kier alpha value is -0.900. The lowest BCUT2D eigenvalue weighted by molar-refractivity contribution is 0.0684. The van der Waals surface area contributed by atoms with E-state index in [1.165, 1.54) is 11.1 Å². The fourth-order valence-electron chi connectivity index (χ4n) is 2.71. The van der Waals surface area contributed by atoms with Crippen molar-refractivity contribution in [2.45, 2.75) is 38.3 Å². The van der Waals surface area contributed by atoms with Crippen LogP contribution in [0.15, 0.2) is 24.3 Å². The first kappa shape index (κ1) is 13.5. The molecule has 1 saturated heterocycles. The molecule has 2 rings (SSSR count). The van der Waals surface area contributed by atoms with Crippen molar-refractivity contribution in [1.29, 1.82) is 0 Å². The molecule has 2 unspecified atom stereocenters. The van der Waals surface area contributed by atoms with Crippen LogP contribution in [-0.4, -0.2) is 35.2 Å². The molecule has 1 aliphatic heterocycles. The predicted molar refractivity (Wildman–Crippen MR) is 74.4 cm³/mol. The summed E-state index contributed by atoms with van der Waals surface area (Å²) in [6, 6.07) is 8.40. The minimum Gasteiger partial charge on any atom is -0.389 e. The number of rotatable bonds is 4. The molecular weight excluding hydrogens is 224 g/mol. The summed E-state index contributed by atoms with van der Waals surface area (Å²) in [4.78, 5) is 2.30. The second kappa shape index (κ2) is 5.39. The Bertz CT molecular complexity index is 403. The Kier molecular flexibility index (Phi) is 4.05. The summed E-state index contributed by atoms with van der Waals surface area (Å²) in [6.07, 6.45) is 1.81.